The Morgan fingerprint density at radius 2 is 2.17 bits per heavy atom. The first-order chi connectivity index (χ1) is 8.35. The van der Waals surface area contributed by atoms with Crippen molar-refractivity contribution in [1.82, 2.24) is 10.2 Å². The zero-order valence-corrected chi connectivity index (χ0v) is 11.6. The maximum atomic E-state index is 11.9. The van der Waals surface area contributed by atoms with E-state index in [2.05, 4.69) is 5.32 Å². The fourth-order valence-corrected chi connectivity index (χ4v) is 2.05. The molecule has 0 unspecified atom stereocenters. The normalized spacial score (nSPS) is 11.1. The van der Waals surface area contributed by atoms with Gasteiger partial charge in [-0.1, -0.05) is 6.07 Å². The number of amides is 2. The molecular weight excluding hydrogens is 252 g/mol. The number of nitrogens with one attached hydrogen (secondary N) is 1. The minimum absolute atomic E-state index is 0.0276. The summed E-state index contributed by atoms with van der Waals surface area (Å²) in [7, 11) is 1.58. The van der Waals surface area contributed by atoms with Crippen LogP contribution in [0.1, 0.15) is 23.5 Å². The Morgan fingerprint density at radius 3 is 2.67 bits per heavy atom. The van der Waals surface area contributed by atoms with Crippen molar-refractivity contribution in [3.8, 4) is 0 Å². The van der Waals surface area contributed by atoms with E-state index in [0.717, 1.165) is 0 Å². The number of aliphatic hydroxyl groups excluding tert-OH is 1. The summed E-state index contributed by atoms with van der Waals surface area (Å²) >= 11 is 1.34. The number of aliphatic hydroxyl groups is 1. The molecule has 5 nitrogen and oxygen atoms in total. The zero-order valence-electron chi connectivity index (χ0n) is 10.8. The van der Waals surface area contributed by atoms with E-state index >= 15 is 0 Å². The summed E-state index contributed by atoms with van der Waals surface area (Å²) in [5, 5.41) is 13.5. The number of likely N-dealkylation sites (N-methyl/N-ethyl adjacent to an activating group) is 1. The lowest BCUT2D eigenvalue weighted by molar-refractivity contribution is -0.123. The molecule has 2 N–H and O–H groups in total. The van der Waals surface area contributed by atoms with E-state index in [1.165, 1.54) is 16.2 Å². The lowest BCUT2D eigenvalue weighted by Crippen LogP contribution is -2.50. The van der Waals surface area contributed by atoms with Crippen molar-refractivity contribution < 1.29 is 14.7 Å². The Morgan fingerprint density at radius 1 is 1.50 bits per heavy atom. The van der Waals surface area contributed by atoms with Crippen LogP contribution < -0.4 is 5.32 Å². The van der Waals surface area contributed by atoms with Gasteiger partial charge in [-0.15, -0.1) is 11.3 Å². The molecule has 0 radical (unpaired) electrons. The van der Waals surface area contributed by atoms with Gasteiger partial charge in [-0.25, -0.2) is 0 Å². The van der Waals surface area contributed by atoms with E-state index in [1.54, 1.807) is 33.0 Å². The first kappa shape index (κ1) is 14.7. The number of nitrogens with zero attached hydrogens (tertiary/aromatic N) is 1. The van der Waals surface area contributed by atoms with Gasteiger partial charge < -0.3 is 15.3 Å². The predicted molar refractivity (Wildman–Crippen MR) is 70.6 cm³/mol. The van der Waals surface area contributed by atoms with Gasteiger partial charge in [0.1, 0.15) is 0 Å². The third-order valence-electron chi connectivity index (χ3n) is 2.33. The Hall–Kier alpha value is -1.40. The molecule has 0 saturated heterocycles. The SMILES string of the molecule is CN(CC(=O)NC(C)(C)CO)C(=O)c1cccs1. The molecule has 0 saturated carbocycles. The van der Waals surface area contributed by atoms with Crippen LogP contribution in [0, 0.1) is 0 Å². The highest BCUT2D eigenvalue weighted by molar-refractivity contribution is 7.12. The first-order valence-electron chi connectivity index (χ1n) is 5.56. The fourth-order valence-electron chi connectivity index (χ4n) is 1.33. The van der Waals surface area contributed by atoms with Crippen LogP contribution in [0.4, 0.5) is 0 Å². The van der Waals surface area contributed by atoms with Crippen molar-refractivity contribution in [1.29, 1.82) is 0 Å². The topological polar surface area (TPSA) is 69.6 Å². The van der Waals surface area contributed by atoms with Gasteiger partial charge in [0, 0.05) is 7.05 Å². The molecule has 0 fully saturated rings. The summed E-state index contributed by atoms with van der Waals surface area (Å²) in [4.78, 5) is 25.5. The predicted octanol–water partition coefficient (Wildman–Crippen LogP) is 0.707. The summed E-state index contributed by atoms with van der Waals surface area (Å²) in [6.07, 6.45) is 0. The lowest BCUT2D eigenvalue weighted by Gasteiger charge is -2.25. The highest BCUT2D eigenvalue weighted by atomic mass is 32.1. The number of rotatable bonds is 5. The standard InChI is InChI=1S/C12H18N2O3S/c1-12(2,8-15)13-10(16)7-14(3)11(17)9-5-4-6-18-9/h4-6,15H,7-8H2,1-3H3,(H,13,16). The van der Waals surface area contributed by atoms with Crippen molar-refractivity contribution >= 4 is 23.2 Å². The number of carbonyl (C=O) groups excluding carboxylic acids is 2. The maximum absolute atomic E-state index is 11.9. The van der Waals surface area contributed by atoms with Crippen LogP contribution in [0.2, 0.25) is 0 Å². The van der Waals surface area contributed by atoms with E-state index in [0.29, 0.717) is 4.88 Å². The third-order valence-corrected chi connectivity index (χ3v) is 3.19. The molecular formula is C12H18N2O3S. The Kier molecular flexibility index (Phi) is 4.86. The smallest absolute Gasteiger partial charge is 0.264 e. The van der Waals surface area contributed by atoms with Crippen LogP contribution in [-0.4, -0.2) is 47.6 Å². The van der Waals surface area contributed by atoms with Gasteiger partial charge in [-0.2, -0.15) is 0 Å². The van der Waals surface area contributed by atoms with Crippen LogP contribution >= 0.6 is 11.3 Å². The number of hydrogen-bond acceptors (Lipinski definition) is 4. The van der Waals surface area contributed by atoms with Crippen LogP contribution in [-0.2, 0) is 4.79 Å². The average molecular weight is 270 g/mol. The summed E-state index contributed by atoms with van der Waals surface area (Å²) in [6, 6.07) is 3.51. The third kappa shape index (κ3) is 4.12. The van der Waals surface area contributed by atoms with E-state index in [-0.39, 0.29) is 25.0 Å². The highest BCUT2D eigenvalue weighted by Crippen LogP contribution is 2.11. The van der Waals surface area contributed by atoms with E-state index in [1.807, 2.05) is 5.38 Å². The van der Waals surface area contributed by atoms with Crippen LogP contribution in [0.25, 0.3) is 0 Å². The van der Waals surface area contributed by atoms with Crippen molar-refractivity contribution in [2.75, 3.05) is 20.2 Å². The molecule has 2 amide bonds. The minimum Gasteiger partial charge on any atom is -0.394 e. The molecule has 1 heterocycles. The zero-order chi connectivity index (χ0) is 13.8. The second kappa shape index (κ2) is 5.97. The summed E-state index contributed by atoms with van der Waals surface area (Å²) in [5.41, 5.74) is -0.677. The molecule has 0 aliphatic rings. The lowest BCUT2D eigenvalue weighted by atomic mass is 10.1. The van der Waals surface area contributed by atoms with E-state index in [9.17, 15) is 9.59 Å². The Labute approximate surface area is 110 Å². The average Bonchev–Trinajstić information content (AvgIpc) is 2.80. The summed E-state index contributed by atoms with van der Waals surface area (Å²) in [6.45, 7) is 3.25. The van der Waals surface area contributed by atoms with Gasteiger partial charge in [0.2, 0.25) is 5.91 Å². The number of thiophene rings is 1. The number of hydrogen-bond donors (Lipinski definition) is 2. The van der Waals surface area contributed by atoms with Gasteiger partial charge in [0.05, 0.1) is 23.6 Å². The minimum atomic E-state index is -0.677. The van der Waals surface area contributed by atoms with Crippen LogP contribution in [0.5, 0.6) is 0 Å². The molecule has 0 spiro atoms. The molecule has 0 bridgehead atoms. The molecule has 100 valence electrons. The first-order valence-corrected chi connectivity index (χ1v) is 6.44. The van der Waals surface area contributed by atoms with Gasteiger partial charge in [-0.05, 0) is 25.3 Å². The van der Waals surface area contributed by atoms with E-state index < -0.39 is 5.54 Å². The second-order valence-electron chi connectivity index (χ2n) is 4.73. The quantitative estimate of drug-likeness (QED) is 0.828. The van der Waals surface area contributed by atoms with Gasteiger partial charge in [0.15, 0.2) is 0 Å². The molecule has 18 heavy (non-hydrogen) atoms. The molecule has 1 aromatic rings. The van der Waals surface area contributed by atoms with Crippen LogP contribution in [0.3, 0.4) is 0 Å². The molecule has 1 rings (SSSR count). The van der Waals surface area contributed by atoms with Crippen molar-refractivity contribution in [2.24, 2.45) is 0 Å². The molecule has 1 aromatic heterocycles. The largest absolute Gasteiger partial charge is 0.394 e. The fraction of sp³-hybridized carbons (Fsp3) is 0.500. The van der Waals surface area contributed by atoms with Crippen molar-refractivity contribution in [3.05, 3.63) is 22.4 Å². The molecule has 6 heteroatoms. The highest BCUT2D eigenvalue weighted by Gasteiger charge is 2.21. The Bertz CT molecular complexity index is 415. The van der Waals surface area contributed by atoms with Gasteiger partial charge >= 0.3 is 0 Å². The second-order valence-corrected chi connectivity index (χ2v) is 5.68. The summed E-state index contributed by atoms with van der Waals surface area (Å²) in [5.74, 6) is -0.469. The molecule has 0 aromatic carbocycles. The van der Waals surface area contributed by atoms with Gasteiger partial charge in [0.25, 0.3) is 5.91 Å². The molecule has 0 aliphatic heterocycles. The van der Waals surface area contributed by atoms with Crippen molar-refractivity contribution in [3.63, 3.8) is 0 Å². The van der Waals surface area contributed by atoms with Crippen LogP contribution in [0.15, 0.2) is 17.5 Å². The monoisotopic (exact) mass is 270 g/mol. The maximum Gasteiger partial charge on any atom is 0.264 e. The molecule has 0 aliphatic carbocycles. The summed E-state index contributed by atoms with van der Waals surface area (Å²) < 4.78 is 0. The Balaban J connectivity index is 2.52. The van der Waals surface area contributed by atoms with Crippen molar-refractivity contribution in [2.45, 2.75) is 19.4 Å². The van der Waals surface area contributed by atoms with E-state index in [4.69, 9.17) is 5.11 Å². The number of carbonyl (C=O) groups is 2. The molecule has 0 atom stereocenters. The van der Waals surface area contributed by atoms with Gasteiger partial charge in [-0.3, -0.25) is 9.59 Å².